The molecule has 5 nitrogen and oxygen atoms in total. The highest BCUT2D eigenvalue weighted by molar-refractivity contribution is 14.0. The SMILES string of the molecule is C#CCNC(=NC)N1CCOC(COC)C1.I. The van der Waals surface area contributed by atoms with Crippen LogP contribution in [0.3, 0.4) is 0 Å². The van der Waals surface area contributed by atoms with Crippen LogP contribution < -0.4 is 5.32 Å². The van der Waals surface area contributed by atoms with Crippen LogP contribution in [-0.2, 0) is 9.47 Å². The molecule has 1 atom stereocenters. The normalized spacial score (nSPS) is 20.4. The van der Waals surface area contributed by atoms with E-state index in [1.54, 1.807) is 14.2 Å². The summed E-state index contributed by atoms with van der Waals surface area (Å²) in [6.07, 6.45) is 5.31. The van der Waals surface area contributed by atoms with Gasteiger partial charge in [0.1, 0.15) is 0 Å². The van der Waals surface area contributed by atoms with Crippen molar-refractivity contribution in [2.45, 2.75) is 6.10 Å². The van der Waals surface area contributed by atoms with Crippen molar-refractivity contribution < 1.29 is 9.47 Å². The third-order valence-electron chi connectivity index (χ3n) is 2.35. The minimum absolute atomic E-state index is 0. The standard InChI is InChI=1S/C11H19N3O2.HI/c1-4-5-13-11(12-2)14-6-7-16-10(8-14)9-15-3;/h1,10H,5-9H2,2-3H3,(H,12,13);1H. The summed E-state index contributed by atoms with van der Waals surface area (Å²) in [4.78, 5) is 6.31. The number of rotatable bonds is 3. The van der Waals surface area contributed by atoms with Gasteiger partial charge in [0, 0.05) is 27.2 Å². The molecule has 98 valence electrons. The number of terminal acetylenes is 1. The molecule has 0 aromatic heterocycles. The molecule has 0 aromatic carbocycles. The maximum Gasteiger partial charge on any atom is 0.194 e. The van der Waals surface area contributed by atoms with Gasteiger partial charge in [0.25, 0.3) is 0 Å². The number of ether oxygens (including phenoxy) is 2. The Morgan fingerprint density at radius 3 is 3.06 bits per heavy atom. The molecule has 0 saturated carbocycles. The van der Waals surface area contributed by atoms with E-state index < -0.39 is 0 Å². The maximum atomic E-state index is 5.56. The monoisotopic (exact) mass is 353 g/mol. The van der Waals surface area contributed by atoms with E-state index in [9.17, 15) is 0 Å². The summed E-state index contributed by atoms with van der Waals surface area (Å²) in [6.45, 7) is 3.37. The number of aliphatic imine (C=N–C) groups is 1. The predicted molar refractivity (Wildman–Crippen MR) is 78.8 cm³/mol. The second-order valence-corrected chi connectivity index (χ2v) is 3.50. The molecule has 1 aliphatic rings. The average Bonchev–Trinajstić information content (AvgIpc) is 2.31. The first-order valence-electron chi connectivity index (χ1n) is 5.31. The molecule has 1 N–H and O–H groups in total. The number of nitrogens with zero attached hydrogens (tertiary/aromatic N) is 2. The maximum absolute atomic E-state index is 5.56. The third kappa shape index (κ3) is 5.57. The van der Waals surface area contributed by atoms with E-state index >= 15 is 0 Å². The van der Waals surface area contributed by atoms with E-state index in [4.69, 9.17) is 15.9 Å². The number of nitrogens with one attached hydrogen (secondary N) is 1. The fourth-order valence-electron chi connectivity index (χ4n) is 1.66. The van der Waals surface area contributed by atoms with Crippen LogP contribution in [0, 0.1) is 12.3 Å². The molecule has 0 amide bonds. The van der Waals surface area contributed by atoms with Crippen molar-refractivity contribution in [2.75, 3.05) is 47.0 Å². The average molecular weight is 353 g/mol. The summed E-state index contributed by atoms with van der Waals surface area (Å²) in [6, 6.07) is 0. The van der Waals surface area contributed by atoms with Crippen LogP contribution in [0.1, 0.15) is 0 Å². The zero-order valence-corrected chi connectivity index (χ0v) is 12.6. The van der Waals surface area contributed by atoms with Gasteiger partial charge in [-0.15, -0.1) is 30.4 Å². The number of guanidine groups is 1. The van der Waals surface area contributed by atoms with Crippen molar-refractivity contribution in [1.29, 1.82) is 0 Å². The van der Waals surface area contributed by atoms with E-state index in [0.29, 0.717) is 19.8 Å². The molecular formula is C11H20IN3O2. The lowest BCUT2D eigenvalue weighted by Gasteiger charge is -2.34. The molecule has 0 aromatic rings. The lowest BCUT2D eigenvalue weighted by molar-refractivity contribution is -0.0446. The highest BCUT2D eigenvalue weighted by Gasteiger charge is 2.22. The van der Waals surface area contributed by atoms with Crippen LogP contribution in [0.4, 0.5) is 0 Å². The number of methoxy groups -OCH3 is 1. The highest BCUT2D eigenvalue weighted by Crippen LogP contribution is 2.05. The van der Waals surface area contributed by atoms with Gasteiger partial charge in [-0.25, -0.2) is 0 Å². The number of hydrogen-bond acceptors (Lipinski definition) is 3. The van der Waals surface area contributed by atoms with Gasteiger partial charge in [0.15, 0.2) is 5.96 Å². The number of halogens is 1. The summed E-state index contributed by atoms with van der Waals surface area (Å²) in [5.41, 5.74) is 0. The van der Waals surface area contributed by atoms with Crippen LogP contribution in [-0.4, -0.2) is 64.0 Å². The quantitative estimate of drug-likeness (QED) is 0.340. The van der Waals surface area contributed by atoms with Gasteiger partial charge in [-0.1, -0.05) is 5.92 Å². The lowest BCUT2D eigenvalue weighted by Crippen LogP contribution is -2.51. The fourth-order valence-corrected chi connectivity index (χ4v) is 1.66. The minimum atomic E-state index is 0. The molecule has 1 saturated heterocycles. The van der Waals surface area contributed by atoms with Crippen LogP contribution in [0.15, 0.2) is 4.99 Å². The van der Waals surface area contributed by atoms with Gasteiger partial charge >= 0.3 is 0 Å². The fraction of sp³-hybridized carbons (Fsp3) is 0.727. The molecule has 0 spiro atoms. The van der Waals surface area contributed by atoms with Crippen molar-refractivity contribution >= 4 is 29.9 Å². The molecule has 1 heterocycles. The Kier molecular flexibility index (Phi) is 9.21. The van der Waals surface area contributed by atoms with Gasteiger partial charge < -0.3 is 19.7 Å². The Balaban J connectivity index is 0.00000256. The van der Waals surface area contributed by atoms with Gasteiger partial charge in [-0.05, 0) is 0 Å². The van der Waals surface area contributed by atoms with E-state index in [1.165, 1.54) is 0 Å². The Morgan fingerprint density at radius 1 is 1.71 bits per heavy atom. The van der Waals surface area contributed by atoms with Gasteiger partial charge in [0.2, 0.25) is 0 Å². The summed E-state index contributed by atoms with van der Waals surface area (Å²) in [5.74, 6) is 3.36. The Labute approximate surface area is 120 Å². The molecule has 1 unspecified atom stereocenters. The molecule has 17 heavy (non-hydrogen) atoms. The topological polar surface area (TPSA) is 46.1 Å². The molecule has 1 fully saturated rings. The Morgan fingerprint density at radius 2 is 2.47 bits per heavy atom. The van der Waals surface area contributed by atoms with Gasteiger partial charge in [-0.3, -0.25) is 4.99 Å². The summed E-state index contributed by atoms with van der Waals surface area (Å²) < 4.78 is 10.6. The molecule has 0 aliphatic carbocycles. The van der Waals surface area contributed by atoms with Crippen molar-refractivity contribution in [3.05, 3.63) is 0 Å². The van der Waals surface area contributed by atoms with Crippen LogP contribution >= 0.6 is 24.0 Å². The number of hydrogen-bond donors (Lipinski definition) is 1. The summed E-state index contributed by atoms with van der Waals surface area (Å²) in [5, 5.41) is 3.09. The molecule has 1 rings (SSSR count). The Hall–Kier alpha value is -0.520. The highest BCUT2D eigenvalue weighted by atomic mass is 127. The van der Waals surface area contributed by atoms with Crippen molar-refractivity contribution in [1.82, 2.24) is 10.2 Å². The second-order valence-electron chi connectivity index (χ2n) is 3.50. The van der Waals surface area contributed by atoms with Crippen molar-refractivity contribution in [2.24, 2.45) is 4.99 Å². The molecule has 0 radical (unpaired) electrons. The predicted octanol–water partition coefficient (Wildman–Crippen LogP) is 0.160. The van der Waals surface area contributed by atoms with Crippen molar-refractivity contribution in [3.8, 4) is 12.3 Å². The third-order valence-corrected chi connectivity index (χ3v) is 2.35. The summed E-state index contributed by atoms with van der Waals surface area (Å²) in [7, 11) is 3.42. The molecule has 1 aliphatic heterocycles. The van der Waals surface area contributed by atoms with Crippen LogP contribution in [0.25, 0.3) is 0 Å². The van der Waals surface area contributed by atoms with E-state index in [1.807, 2.05) is 0 Å². The second kappa shape index (κ2) is 9.50. The lowest BCUT2D eigenvalue weighted by atomic mass is 10.3. The zero-order valence-electron chi connectivity index (χ0n) is 10.3. The first-order chi connectivity index (χ1) is 7.81. The Bertz CT molecular complexity index is 276. The molecule has 0 bridgehead atoms. The minimum Gasteiger partial charge on any atom is -0.382 e. The van der Waals surface area contributed by atoms with Gasteiger partial charge in [0.05, 0.1) is 25.9 Å². The van der Waals surface area contributed by atoms with Crippen molar-refractivity contribution in [3.63, 3.8) is 0 Å². The van der Waals surface area contributed by atoms with Gasteiger partial charge in [-0.2, -0.15) is 0 Å². The smallest absolute Gasteiger partial charge is 0.194 e. The first-order valence-corrected chi connectivity index (χ1v) is 5.31. The van der Waals surface area contributed by atoms with E-state index in [-0.39, 0.29) is 30.1 Å². The van der Waals surface area contributed by atoms with Crippen LogP contribution in [0.2, 0.25) is 0 Å². The van der Waals surface area contributed by atoms with E-state index in [2.05, 4.69) is 21.1 Å². The van der Waals surface area contributed by atoms with E-state index in [0.717, 1.165) is 19.0 Å². The first kappa shape index (κ1) is 16.5. The molecule has 6 heteroatoms. The zero-order chi connectivity index (χ0) is 11.8. The van der Waals surface area contributed by atoms with Crippen LogP contribution in [0.5, 0.6) is 0 Å². The summed E-state index contributed by atoms with van der Waals surface area (Å²) >= 11 is 0. The largest absolute Gasteiger partial charge is 0.382 e. The molecular weight excluding hydrogens is 333 g/mol. The number of morpholine rings is 1.